The van der Waals surface area contributed by atoms with E-state index in [0.717, 1.165) is 18.7 Å². The molecule has 4 nitrogen and oxygen atoms in total. The summed E-state index contributed by atoms with van der Waals surface area (Å²) in [5.41, 5.74) is 0.836. The Morgan fingerprint density at radius 2 is 2.37 bits per heavy atom. The van der Waals surface area contributed by atoms with Crippen molar-refractivity contribution in [2.75, 3.05) is 26.2 Å². The summed E-state index contributed by atoms with van der Waals surface area (Å²) in [5.74, 6) is -1.03. The smallest absolute Gasteiger partial charge is 0.303 e. The Kier molecular flexibility index (Phi) is 4.87. The van der Waals surface area contributed by atoms with E-state index in [1.54, 1.807) is 6.07 Å². The van der Waals surface area contributed by atoms with Gasteiger partial charge >= 0.3 is 5.97 Å². The van der Waals surface area contributed by atoms with Crippen LogP contribution in [0.25, 0.3) is 0 Å². The van der Waals surface area contributed by atoms with Crippen molar-refractivity contribution in [2.45, 2.75) is 18.9 Å². The van der Waals surface area contributed by atoms with Crippen molar-refractivity contribution in [2.24, 2.45) is 0 Å². The zero-order valence-corrected chi connectivity index (χ0v) is 10.7. The van der Waals surface area contributed by atoms with Crippen molar-refractivity contribution in [3.8, 4) is 0 Å². The number of ether oxygens (including phenoxy) is 1. The first-order valence-electron chi connectivity index (χ1n) is 6.46. The number of carboxylic acid groups (broad SMARTS) is 1. The molecule has 1 heterocycles. The Bertz CT molecular complexity index is 438. The van der Waals surface area contributed by atoms with Crippen LogP contribution >= 0.6 is 0 Å². The molecule has 104 valence electrons. The summed E-state index contributed by atoms with van der Waals surface area (Å²) in [6, 6.07) is 6.44. The lowest BCUT2D eigenvalue weighted by molar-refractivity contribution is -0.137. The molecule has 0 bridgehead atoms. The molecular formula is C14H18FNO3. The standard InChI is InChI=1S/C14H18FNO3/c15-12-4-1-3-11(9-12)13-10-16(7-8-19-13)6-2-5-14(17)18/h1,3-4,9,13H,2,5-8,10H2,(H,17,18)/t13-/m1/s1. The lowest BCUT2D eigenvalue weighted by Crippen LogP contribution is -2.39. The van der Waals surface area contributed by atoms with Crippen LogP contribution in [0.1, 0.15) is 24.5 Å². The molecule has 0 aliphatic carbocycles. The molecule has 1 aromatic carbocycles. The van der Waals surface area contributed by atoms with E-state index in [1.807, 2.05) is 6.07 Å². The molecule has 0 amide bonds. The number of rotatable bonds is 5. The zero-order chi connectivity index (χ0) is 13.7. The fourth-order valence-electron chi connectivity index (χ4n) is 2.27. The summed E-state index contributed by atoms with van der Waals surface area (Å²) in [4.78, 5) is 12.6. The number of aliphatic carboxylic acids is 1. The van der Waals surface area contributed by atoms with E-state index < -0.39 is 5.97 Å². The molecule has 19 heavy (non-hydrogen) atoms. The van der Waals surface area contributed by atoms with Crippen molar-refractivity contribution >= 4 is 5.97 Å². The van der Waals surface area contributed by atoms with E-state index >= 15 is 0 Å². The Balaban J connectivity index is 1.88. The number of hydrogen-bond acceptors (Lipinski definition) is 3. The average molecular weight is 267 g/mol. The molecule has 0 saturated carbocycles. The van der Waals surface area contributed by atoms with E-state index in [0.29, 0.717) is 19.6 Å². The molecule has 1 aliphatic heterocycles. The lowest BCUT2D eigenvalue weighted by Gasteiger charge is -2.33. The second kappa shape index (κ2) is 6.63. The van der Waals surface area contributed by atoms with Gasteiger partial charge in [0.15, 0.2) is 0 Å². The summed E-state index contributed by atoms with van der Waals surface area (Å²) in [6.45, 7) is 2.81. The molecule has 0 radical (unpaired) electrons. The topological polar surface area (TPSA) is 49.8 Å². The van der Waals surface area contributed by atoms with Gasteiger partial charge in [0, 0.05) is 19.5 Å². The highest BCUT2D eigenvalue weighted by atomic mass is 19.1. The Hall–Kier alpha value is -1.46. The SMILES string of the molecule is O=C(O)CCCN1CCO[C@@H](c2cccc(F)c2)C1. The summed E-state index contributed by atoms with van der Waals surface area (Å²) < 4.78 is 18.8. The maximum absolute atomic E-state index is 13.2. The van der Waals surface area contributed by atoms with Crippen LogP contribution in [0.3, 0.4) is 0 Å². The highest BCUT2D eigenvalue weighted by molar-refractivity contribution is 5.66. The minimum Gasteiger partial charge on any atom is -0.481 e. The fourth-order valence-corrected chi connectivity index (χ4v) is 2.27. The molecule has 1 saturated heterocycles. The molecule has 1 N–H and O–H groups in total. The number of halogens is 1. The predicted octanol–water partition coefficient (Wildman–Crippen LogP) is 2.06. The van der Waals surface area contributed by atoms with Gasteiger partial charge in [-0.15, -0.1) is 0 Å². The molecule has 1 aliphatic rings. The fraction of sp³-hybridized carbons (Fsp3) is 0.500. The molecule has 1 atom stereocenters. The molecule has 5 heteroatoms. The van der Waals surface area contributed by atoms with Crippen LogP contribution in [-0.2, 0) is 9.53 Å². The first kappa shape index (κ1) is 14.0. The second-order valence-corrected chi connectivity index (χ2v) is 4.71. The Morgan fingerprint density at radius 3 is 3.11 bits per heavy atom. The number of carboxylic acids is 1. The van der Waals surface area contributed by atoms with Gasteiger partial charge in [-0.05, 0) is 30.7 Å². The Morgan fingerprint density at radius 1 is 1.53 bits per heavy atom. The maximum Gasteiger partial charge on any atom is 0.303 e. The third-order valence-electron chi connectivity index (χ3n) is 3.24. The van der Waals surface area contributed by atoms with Gasteiger partial charge in [-0.3, -0.25) is 9.69 Å². The monoisotopic (exact) mass is 267 g/mol. The average Bonchev–Trinajstić information content (AvgIpc) is 2.39. The second-order valence-electron chi connectivity index (χ2n) is 4.71. The number of carbonyl (C=O) groups is 1. The highest BCUT2D eigenvalue weighted by Crippen LogP contribution is 2.22. The molecule has 0 aromatic heterocycles. The molecular weight excluding hydrogens is 249 g/mol. The van der Waals surface area contributed by atoms with E-state index in [-0.39, 0.29) is 18.3 Å². The van der Waals surface area contributed by atoms with Crippen LogP contribution in [0.15, 0.2) is 24.3 Å². The third kappa shape index (κ3) is 4.29. The van der Waals surface area contributed by atoms with Crippen LogP contribution in [0.4, 0.5) is 4.39 Å². The quantitative estimate of drug-likeness (QED) is 0.887. The van der Waals surface area contributed by atoms with Crippen LogP contribution < -0.4 is 0 Å². The largest absolute Gasteiger partial charge is 0.481 e. The van der Waals surface area contributed by atoms with Crippen molar-refractivity contribution in [1.82, 2.24) is 4.90 Å². The van der Waals surface area contributed by atoms with Gasteiger partial charge in [-0.2, -0.15) is 0 Å². The van der Waals surface area contributed by atoms with Gasteiger partial charge in [0.25, 0.3) is 0 Å². The van der Waals surface area contributed by atoms with Gasteiger partial charge in [-0.1, -0.05) is 12.1 Å². The summed E-state index contributed by atoms with van der Waals surface area (Å²) in [5, 5.41) is 8.62. The lowest BCUT2D eigenvalue weighted by atomic mass is 10.1. The molecule has 0 unspecified atom stereocenters. The molecule has 1 fully saturated rings. The van der Waals surface area contributed by atoms with E-state index in [9.17, 15) is 9.18 Å². The van der Waals surface area contributed by atoms with Gasteiger partial charge in [-0.25, -0.2) is 4.39 Å². The van der Waals surface area contributed by atoms with E-state index in [4.69, 9.17) is 9.84 Å². The molecule has 0 spiro atoms. The van der Waals surface area contributed by atoms with Crippen molar-refractivity contribution in [1.29, 1.82) is 0 Å². The number of benzene rings is 1. The molecule has 2 rings (SSSR count). The number of nitrogens with zero attached hydrogens (tertiary/aromatic N) is 1. The predicted molar refractivity (Wildman–Crippen MR) is 68.4 cm³/mol. The minimum atomic E-state index is -0.769. The van der Waals surface area contributed by atoms with Crippen LogP contribution in [0.2, 0.25) is 0 Å². The first-order chi connectivity index (χ1) is 9.15. The van der Waals surface area contributed by atoms with Crippen LogP contribution in [0, 0.1) is 5.82 Å². The Labute approximate surface area is 111 Å². The maximum atomic E-state index is 13.2. The van der Waals surface area contributed by atoms with Gasteiger partial charge < -0.3 is 9.84 Å². The van der Waals surface area contributed by atoms with Crippen molar-refractivity contribution < 1.29 is 19.0 Å². The summed E-state index contributed by atoms with van der Waals surface area (Å²) in [6.07, 6.45) is 0.682. The van der Waals surface area contributed by atoms with E-state index in [1.165, 1.54) is 12.1 Å². The minimum absolute atomic E-state index is 0.130. The van der Waals surface area contributed by atoms with Gasteiger partial charge in [0.1, 0.15) is 5.82 Å². The zero-order valence-electron chi connectivity index (χ0n) is 10.7. The van der Waals surface area contributed by atoms with Crippen LogP contribution in [-0.4, -0.2) is 42.2 Å². The van der Waals surface area contributed by atoms with Gasteiger partial charge in [0.05, 0.1) is 12.7 Å². The van der Waals surface area contributed by atoms with Gasteiger partial charge in [0.2, 0.25) is 0 Å². The number of hydrogen-bond donors (Lipinski definition) is 1. The normalized spacial score (nSPS) is 20.4. The highest BCUT2D eigenvalue weighted by Gasteiger charge is 2.21. The summed E-state index contributed by atoms with van der Waals surface area (Å²) >= 11 is 0. The van der Waals surface area contributed by atoms with Crippen molar-refractivity contribution in [3.05, 3.63) is 35.6 Å². The third-order valence-corrected chi connectivity index (χ3v) is 3.24. The molecule has 1 aromatic rings. The van der Waals surface area contributed by atoms with E-state index in [2.05, 4.69) is 4.90 Å². The van der Waals surface area contributed by atoms with Crippen molar-refractivity contribution in [3.63, 3.8) is 0 Å². The van der Waals surface area contributed by atoms with Crippen LogP contribution in [0.5, 0.6) is 0 Å². The first-order valence-corrected chi connectivity index (χ1v) is 6.46. The summed E-state index contributed by atoms with van der Waals surface area (Å²) in [7, 11) is 0. The number of morpholine rings is 1.